The predicted molar refractivity (Wildman–Crippen MR) is 48.6 cm³/mol. The van der Waals surface area contributed by atoms with Gasteiger partial charge in [0.15, 0.2) is 0 Å². The van der Waals surface area contributed by atoms with Crippen molar-refractivity contribution in [2.45, 2.75) is 6.92 Å². The van der Waals surface area contributed by atoms with Crippen LogP contribution in [0, 0.1) is 10.1 Å². The van der Waals surface area contributed by atoms with Gasteiger partial charge in [0.25, 0.3) is 5.88 Å². The van der Waals surface area contributed by atoms with E-state index in [-0.39, 0.29) is 11.6 Å². The van der Waals surface area contributed by atoms with Crippen molar-refractivity contribution in [1.29, 1.82) is 0 Å². The summed E-state index contributed by atoms with van der Waals surface area (Å²) >= 11 is 0. The SMILES string of the molecule is CCOc1ccc([N+](=O)[O-])c(OC)n1. The molecule has 0 unspecified atom stereocenters. The Morgan fingerprint density at radius 1 is 1.57 bits per heavy atom. The van der Waals surface area contributed by atoms with Gasteiger partial charge in [-0.25, -0.2) is 0 Å². The molecule has 0 bridgehead atoms. The molecule has 0 saturated carbocycles. The van der Waals surface area contributed by atoms with Gasteiger partial charge in [-0.1, -0.05) is 0 Å². The topological polar surface area (TPSA) is 74.5 Å². The van der Waals surface area contributed by atoms with Crippen molar-refractivity contribution in [1.82, 2.24) is 4.98 Å². The van der Waals surface area contributed by atoms with E-state index in [1.807, 2.05) is 0 Å². The minimum Gasteiger partial charge on any atom is -0.478 e. The summed E-state index contributed by atoms with van der Waals surface area (Å²) < 4.78 is 9.83. The standard InChI is InChI=1S/C8H10N2O4/c1-3-14-7-5-4-6(10(11)12)8(9-7)13-2/h4-5H,3H2,1-2H3. The number of nitro groups is 1. The minimum absolute atomic E-state index is 0.0408. The number of aromatic nitrogens is 1. The third-order valence-electron chi connectivity index (χ3n) is 1.50. The molecule has 1 aromatic rings. The number of ether oxygens (including phenoxy) is 2. The second kappa shape index (κ2) is 4.40. The average molecular weight is 198 g/mol. The van der Waals surface area contributed by atoms with Crippen molar-refractivity contribution >= 4 is 5.69 Å². The van der Waals surface area contributed by atoms with E-state index in [1.54, 1.807) is 6.92 Å². The highest BCUT2D eigenvalue weighted by Gasteiger charge is 2.16. The van der Waals surface area contributed by atoms with E-state index in [0.29, 0.717) is 12.5 Å². The van der Waals surface area contributed by atoms with Crippen LogP contribution in [0.5, 0.6) is 11.8 Å². The molecular formula is C8H10N2O4. The van der Waals surface area contributed by atoms with Crippen LogP contribution in [0.15, 0.2) is 12.1 Å². The molecule has 0 aromatic carbocycles. The normalized spacial score (nSPS) is 9.57. The van der Waals surface area contributed by atoms with Crippen LogP contribution in [0.2, 0.25) is 0 Å². The Labute approximate surface area is 80.6 Å². The fourth-order valence-electron chi connectivity index (χ4n) is 0.934. The Morgan fingerprint density at radius 2 is 2.29 bits per heavy atom. The lowest BCUT2D eigenvalue weighted by Gasteiger charge is -2.04. The Bertz CT molecular complexity index is 340. The summed E-state index contributed by atoms with van der Waals surface area (Å²) in [5.74, 6) is 0.274. The van der Waals surface area contributed by atoms with Crippen molar-refractivity contribution in [3.63, 3.8) is 0 Å². The molecule has 6 nitrogen and oxygen atoms in total. The molecule has 0 fully saturated rings. The van der Waals surface area contributed by atoms with E-state index in [2.05, 4.69) is 4.98 Å². The van der Waals surface area contributed by atoms with Gasteiger partial charge in [-0.05, 0) is 6.92 Å². The summed E-state index contributed by atoms with van der Waals surface area (Å²) in [6.45, 7) is 2.25. The molecule has 0 amide bonds. The van der Waals surface area contributed by atoms with E-state index in [1.165, 1.54) is 19.2 Å². The molecular weight excluding hydrogens is 188 g/mol. The molecule has 0 spiro atoms. The van der Waals surface area contributed by atoms with Gasteiger partial charge < -0.3 is 9.47 Å². The summed E-state index contributed by atoms with van der Waals surface area (Å²) in [7, 11) is 1.32. The van der Waals surface area contributed by atoms with Gasteiger partial charge in [0.2, 0.25) is 5.88 Å². The smallest absolute Gasteiger partial charge is 0.331 e. The maximum Gasteiger partial charge on any atom is 0.331 e. The van der Waals surface area contributed by atoms with Crippen LogP contribution in [0.1, 0.15) is 6.92 Å². The van der Waals surface area contributed by atoms with Gasteiger partial charge >= 0.3 is 5.69 Å². The fraction of sp³-hybridized carbons (Fsp3) is 0.375. The Hall–Kier alpha value is -1.85. The van der Waals surface area contributed by atoms with E-state index in [4.69, 9.17) is 9.47 Å². The second-order valence-electron chi connectivity index (χ2n) is 2.37. The number of hydrogen-bond acceptors (Lipinski definition) is 5. The Balaban J connectivity index is 3.05. The van der Waals surface area contributed by atoms with E-state index < -0.39 is 4.92 Å². The minimum atomic E-state index is -0.554. The second-order valence-corrected chi connectivity index (χ2v) is 2.37. The summed E-state index contributed by atoms with van der Waals surface area (Å²) in [6.07, 6.45) is 0. The molecule has 0 atom stereocenters. The molecule has 1 heterocycles. The van der Waals surface area contributed by atoms with Crippen LogP contribution in [0.3, 0.4) is 0 Å². The van der Waals surface area contributed by atoms with Crippen molar-refractivity contribution in [2.75, 3.05) is 13.7 Å². The van der Waals surface area contributed by atoms with Gasteiger partial charge in [-0.2, -0.15) is 4.98 Å². The van der Waals surface area contributed by atoms with E-state index in [9.17, 15) is 10.1 Å². The van der Waals surface area contributed by atoms with Crippen molar-refractivity contribution in [3.05, 3.63) is 22.2 Å². The molecule has 0 saturated heterocycles. The van der Waals surface area contributed by atoms with Crippen molar-refractivity contribution in [2.24, 2.45) is 0 Å². The first kappa shape index (κ1) is 10.2. The van der Waals surface area contributed by atoms with Gasteiger partial charge in [-0.15, -0.1) is 0 Å². The quantitative estimate of drug-likeness (QED) is 0.540. The molecule has 0 aliphatic heterocycles. The number of hydrogen-bond donors (Lipinski definition) is 0. The molecule has 6 heteroatoms. The molecule has 0 radical (unpaired) electrons. The summed E-state index contributed by atoms with van der Waals surface area (Å²) in [5, 5.41) is 10.5. The van der Waals surface area contributed by atoms with Crippen LogP contribution in [-0.2, 0) is 0 Å². The van der Waals surface area contributed by atoms with E-state index >= 15 is 0 Å². The zero-order valence-corrected chi connectivity index (χ0v) is 7.89. The first-order valence-corrected chi connectivity index (χ1v) is 4.01. The fourth-order valence-corrected chi connectivity index (χ4v) is 0.934. The van der Waals surface area contributed by atoms with Crippen LogP contribution in [0.25, 0.3) is 0 Å². The highest BCUT2D eigenvalue weighted by molar-refractivity contribution is 5.42. The highest BCUT2D eigenvalue weighted by atomic mass is 16.6. The van der Waals surface area contributed by atoms with Gasteiger partial charge in [0, 0.05) is 12.1 Å². The van der Waals surface area contributed by atoms with Crippen LogP contribution in [-0.4, -0.2) is 23.6 Å². The van der Waals surface area contributed by atoms with Crippen LogP contribution >= 0.6 is 0 Å². The number of nitrogens with zero attached hydrogens (tertiary/aromatic N) is 2. The zero-order chi connectivity index (χ0) is 10.6. The van der Waals surface area contributed by atoms with Crippen LogP contribution < -0.4 is 9.47 Å². The third-order valence-corrected chi connectivity index (χ3v) is 1.50. The first-order chi connectivity index (χ1) is 6.69. The lowest BCUT2D eigenvalue weighted by molar-refractivity contribution is -0.386. The molecule has 76 valence electrons. The predicted octanol–water partition coefficient (Wildman–Crippen LogP) is 1.40. The van der Waals surface area contributed by atoms with Gasteiger partial charge in [-0.3, -0.25) is 10.1 Å². The van der Waals surface area contributed by atoms with Gasteiger partial charge in [0.1, 0.15) is 0 Å². The maximum atomic E-state index is 10.5. The molecule has 14 heavy (non-hydrogen) atoms. The molecule has 0 aliphatic rings. The zero-order valence-electron chi connectivity index (χ0n) is 7.89. The number of rotatable bonds is 4. The Morgan fingerprint density at radius 3 is 2.79 bits per heavy atom. The van der Waals surface area contributed by atoms with E-state index in [0.717, 1.165) is 0 Å². The molecule has 1 aromatic heterocycles. The summed E-state index contributed by atoms with van der Waals surface area (Å²) in [4.78, 5) is 13.8. The molecule has 1 rings (SSSR count). The van der Waals surface area contributed by atoms with Crippen LogP contribution in [0.4, 0.5) is 5.69 Å². The lowest BCUT2D eigenvalue weighted by Crippen LogP contribution is -1.99. The number of methoxy groups -OCH3 is 1. The monoisotopic (exact) mass is 198 g/mol. The molecule has 0 N–H and O–H groups in total. The maximum absolute atomic E-state index is 10.5. The summed E-state index contributed by atoms with van der Waals surface area (Å²) in [6, 6.07) is 2.74. The first-order valence-electron chi connectivity index (χ1n) is 4.01. The lowest BCUT2D eigenvalue weighted by atomic mass is 10.4. The largest absolute Gasteiger partial charge is 0.478 e. The van der Waals surface area contributed by atoms with Gasteiger partial charge in [0.05, 0.1) is 18.6 Å². The highest BCUT2D eigenvalue weighted by Crippen LogP contribution is 2.26. The summed E-state index contributed by atoms with van der Waals surface area (Å²) in [5.41, 5.74) is -0.170. The average Bonchev–Trinajstić information content (AvgIpc) is 2.17. The number of pyridine rings is 1. The third kappa shape index (κ3) is 2.09. The molecule has 0 aliphatic carbocycles. The van der Waals surface area contributed by atoms with Crippen molar-refractivity contribution < 1.29 is 14.4 Å². The Kier molecular flexibility index (Phi) is 3.22. The van der Waals surface area contributed by atoms with Crippen molar-refractivity contribution in [3.8, 4) is 11.8 Å².